The Kier molecular flexibility index (Phi) is 4.15. The molecule has 120 valence electrons. The third-order valence-electron chi connectivity index (χ3n) is 3.49. The molecular formula is C17H13N4O3-. The molecule has 1 heterocycles. The van der Waals surface area contributed by atoms with Gasteiger partial charge in [-0.25, -0.2) is 0 Å². The van der Waals surface area contributed by atoms with Gasteiger partial charge in [0.25, 0.3) is 5.91 Å². The maximum atomic E-state index is 12.6. The van der Waals surface area contributed by atoms with Crippen LogP contribution in [0.3, 0.4) is 0 Å². The molecule has 24 heavy (non-hydrogen) atoms. The van der Waals surface area contributed by atoms with Crippen molar-refractivity contribution in [2.45, 2.75) is 13.0 Å². The van der Waals surface area contributed by atoms with Crippen LogP contribution >= 0.6 is 0 Å². The Morgan fingerprint density at radius 1 is 1.12 bits per heavy atom. The molecule has 0 saturated heterocycles. The van der Waals surface area contributed by atoms with Crippen molar-refractivity contribution in [3.8, 4) is 0 Å². The number of hydrazone groups is 1. The molecule has 7 nitrogen and oxygen atoms in total. The summed E-state index contributed by atoms with van der Waals surface area (Å²) in [5.41, 5.74) is 1.10. The highest BCUT2D eigenvalue weighted by Gasteiger charge is 2.35. The van der Waals surface area contributed by atoms with Gasteiger partial charge in [0.1, 0.15) is 0 Å². The van der Waals surface area contributed by atoms with Gasteiger partial charge in [-0.1, -0.05) is 36.4 Å². The van der Waals surface area contributed by atoms with Crippen LogP contribution in [0.4, 0.5) is 11.4 Å². The standard InChI is InChI=1S/C17H14N4O3/c1-11-15(19-18-12-7-3-2-4-8-12)16(22)21(20-11)14-10-6-5-9-13(14)17(23)24/h2-10,15H,1H3,(H,23,24)/p-1/t15-/m0/s1. The van der Waals surface area contributed by atoms with Crippen LogP contribution in [0.2, 0.25) is 0 Å². The number of nitrogens with zero attached hydrogens (tertiary/aromatic N) is 4. The van der Waals surface area contributed by atoms with Crippen LogP contribution in [0.15, 0.2) is 69.9 Å². The van der Waals surface area contributed by atoms with Crippen LogP contribution in [0.25, 0.3) is 0 Å². The normalized spacial score (nSPS) is 17.4. The smallest absolute Gasteiger partial charge is 0.280 e. The highest BCUT2D eigenvalue weighted by Crippen LogP contribution is 2.26. The number of azo groups is 1. The zero-order chi connectivity index (χ0) is 17.1. The number of hydrogen-bond donors (Lipinski definition) is 0. The van der Waals surface area contributed by atoms with Gasteiger partial charge in [0.05, 0.1) is 23.1 Å². The van der Waals surface area contributed by atoms with Crippen LogP contribution in [-0.2, 0) is 4.79 Å². The number of benzene rings is 2. The maximum Gasteiger partial charge on any atom is 0.280 e. The number of amides is 1. The van der Waals surface area contributed by atoms with Crippen molar-refractivity contribution in [3.63, 3.8) is 0 Å². The van der Waals surface area contributed by atoms with Gasteiger partial charge in [0, 0.05) is 5.56 Å². The monoisotopic (exact) mass is 321 g/mol. The van der Waals surface area contributed by atoms with E-state index in [9.17, 15) is 14.7 Å². The molecule has 2 aromatic carbocycles. The summed E-state index contributed by atoms with van der Waals surface area (Å²) in [5.74, 6) is -1.83. The van der Waals surface area contributed by atoms with E-state index in [1.165, 1.54) is 12.1 Å². The molecule has 1 atom stereocenters. The molecule has 0 fully saturated rings. The Morgan fingerprint density at radius 2 is 1.79 bits per heavy atom. The molecule has 0 spiro atoms. The molecule has 3 rings (SSSR count). The maximum absolute atomic E-state index is 12.6. The quantitative estimate of drug-likeness (QED) is 0.804. The van der Waals surface area contributed by atoms with E-state index in [0.717, 1.165) is 5.01 Å². The molecule has 0 unspecified atom stereocenters. The summed E-state index contributed by atoms with van der Waals surface area (Å²) in [4.78, 5) is 23.8. The molecule has 2 aromatic rings. The number of carbonyl (C=O) groups excluding carboxylic acids is 2. The van der Waals surface area contributed by atoms with E-state index in [0.29, 0.717) is 11.4 Å². The summed E-state index contributed by atoms with van der Waals surface area (Å²) in [6.45, 7) is 1.65. The van der Waals surface area contributed by atoms with Crippen LogP contribution in [0.1, 0.15) is 17.3 Å². The van der Waals surface area contributed by atoms with Gasteiger partial charge in [-0.2, -0.15) is 20.3 Å². The highest BCUT2D eigenvalue weighted by atomic mass is 16.4. The van der Waals surface area contributed by atoms with E-state index in [1.54, 1.807) is 31.2 Å². The summed E-state index contributed by atoms with van der Waals surface area (Å²) in [7, 11) is 0. The number of carbonyl (C=O) groups is 2. The number of carboxylic acid groups (broad SMARTS) is 1. The zero-order valence-corrected chi connectivity index (χ0v) is 12.8. The van der Waals surface area contributed by atoms with Crippen molar-refractivity contribution in [2.24, 2.45) is 15.3 Å². The SMILES string of the molecule is CC1=NN(c2ccccc2C(=O)[O-])C(=O)[C@H]1N=Nc1ccccc1. The Morgan fingerprint density at radius 3 is 2.50 bits per heavy atom. The van der Waals surface area contributed by atoms with Crippen molar-refractivity contribution in [1.82, 2.24) is 0 Å². The molecule has 0 N–H and O–H groups in total. The summed E-state index contributed by atoms with van der Waals surface area (Å²) < 4.78 is 0. The summed E-state index contributed by atoms with van der Waals surface area (Å²) in [6.07, 6.45) is 0. The van der Waals surface area contributed by atoms with Crippen molar-refractivity contribution >= 4 is 29.0 Å². The van der Waals surface area contributed by atoms with Gasteiger partial charge in [-0.15, -0.1) is 0 Å². The molecule has 0 aromatic heterocycles. The van der Waals surface area contributed by atoms with E-state index < -0.39 is 17.9 Å². The Hall–Kier alpha value is -3.35. The van der Waals surface area contributed by atoms with Crippen LogP contribution in [0, 0.1) is 0 Å². The minimum Gasteiger partial charge on any atom is -0.545 e. The van der Waals surface area contributed by atoms with E-state index in [2.05, 4.69) is 15.3 Å². The molecular weight excluding hydrogens is 308 g/mol. The number of hydrogen-bond acceptors (Lipinski definition) is 6. The fourth-order valence-electron chi connectivity index (χ4n) is 2.31. The third kappa shape index (κ3) is 2.91. The first-order valence-electron chi connectivity index (χ1n) is 7.23. The lowest BCUT2D eigenvalue weighted by Gasteiger charge is -2.17. The number of carboxylic acids is 1. The van der Waals surface area contributed by atoms with Crippen LogP contribution in [-0.4, -0.2) is 23.6 Å². The summed E-state index contributed by atoms with van der Waals surface area (Å²) >= 11 is 0. The van der Waals surface area contributed by atoms with Gasteiger partial charge in [-0.05, 0) is 25.1 Å². The van der Waals surface area contributed by atoms with Gasteiger partial charge in [0.15, 0.2) is 6.04 Å². The Bertz CT molecular complexity index is 846. The predicted octanol–water partition coefficient (Wildman–Crippen LogP) is 1.93. The molecule has 0 aliphatic carbocycles. The molecule has 0 bridgehead atoms. The van der Waals surface area contributed by atoms with Crippen molar-refractivity contribution in [3.05, 3.63) is 60.2 Å². The molecule has 0 radical (unpaired) electrons. The minimum absolute atomic E-state index is 0.108. The second-order valence-corrected chi connectivity index (χ2v) is 5.15. The fourth-order valence-corrected chi connectivity index (χ4v) is 2.31. The van der Waals surface area contributed by atoms with Gasteiger partial charge in [0.2, 0.25) is 0 Å². The first kappa shape index (κ1) is 15.5. The summed E-state index contributed by atoms with van der Waals surface area (Å²) in [6, 6.07) is 14.2. The van der Waals surface area contributed by atoms with Gasteiger partial charge in [-0.3, -0.25) is 4.79 Å². The van der Waals surface area contributed by atoms with Gasteiger partial charge >= 0.3 is 0 Å². The second-order valence-electron chi connectivity index (χ2n) is 5.15. The molecule has 0 saturated carbocycles. The minimum atomic E-state index is -1.37. The van der Waals surface area contributed by atoms with Crippen LogP contribution in [0.5, 0.6) is 0 Å². The molecule has 7 heteroatoms. The average molecular weight is 321 g/mol. The van der Waals surface area contributed by atoms with E-state index in [4.69, 9.17) is 0 Å². The molecule has 1 aliphatic heterocycles. The number of anilines is 1. The first-order chi connectivity index (χ1) is 11.6. The lowest BCUT2D eigenvalue weighted by Crippen LogP contribution is -2.32. The largest absolute Gasteiger partial charge is 0.545 e. The van der Waals surface area contributed by atoms with E-state index in [1.807, 2.05) is 18.2 Å². The predicted molar refractivity (Wildman–Crippen MR) is 86.1 cm³/mol. The third-order valence-corrected chi connectivity index (χ3v) is 3.49. The topological polar surface area (TPSA) is 97.5 Å². The highest BCUT2D eigenvalue weighted by molar-refractivity contribution is 6.19. The van der Waals surface area contributed by atoms with Crippen molar-refractivity contribution < 1.29 is 14.7 Å². The van der Waals surface area contributed by atoms with Crippen molar-refractivity contribution in [1.29, 1.82) is 0 Å². The van der Waals surface area contributed by atoms with E-state index in [-0.39, 0.29) is 11.3 Å². The van der Waals surface area contributed by atoms with Crippen LogP contribution < -0.4 is 10.1 Å². The van der Waals surface area contributed by atoms with Crippen molar-refractivity contribution in [2.75, 3.05) is 5.01 Å². The van der Waals surface area contributed by atoms with Gasteiger partial charge < -0.3 is 9.90 Å². The first-order valence-corrected chi connectivity index (χ1v) is 7.23. The fraction of sp³-hybridized carbons (Fsp3) is 0.118. The Balaban J connectivity index is 1.89. The zero-order valence-electron chi connectivity index (χ0n) is 12.8. The van der Waals surface area contributed by atoms with E-state index >= 15 is 0 Å². The molecule has 1 amide bonds. The Labute approximate surface area is 137 Å². The lowest BCUT2D eigenvalue weighted by molar-refractivity contribution is -0.254. The second kappa shape index (κ2) is 6.41. The lowest BCUT2D eigenvalue weighted by atomic mass is 10.1. The molecule has 1 aliphatic rings. The average Bonchev–Trinajstić information content (AvgIpc) is 2.88. The number of aromatic carboxylic acids is 1. The number of rotatable bonds is 4. The summed E-state index contributed by atoms with van der Waals surface area (Å²) in [5, 5.41) is 24.5. The number of para-hydroxylation sites is 1.